The molecule has 0 amide bonds. The molecule has 0 radical (unpaired) electrons. The van der Waals surface area contributed by atoms with Crippen molar-refractivity contribution in [2.75, 3.05) is 11.6 Å². The van der Waals surface area contributed by atoms with E-state index in [-0.39, 0.29) is 22.0 Å². The van der Waals surface area contributed by atoms with Crippen LogP contribution < -0.4 is 5.32 Å². The van der Waals surface area contributed by atoms with Crippen LogP contribution in [-0.2, 0) is 9.84 Å². The lowest BCUT2D eigenvalue weighted by molar-refractivity contribution is -0.384. The van der Waals surface area contributed by atoms with Gasteiger partial charge in [-0.05, 0) is 17.3 Å². The van der Waals surface area contributed by atoms with Crippen molar-refractivity contribution in [1.29, 1.82) is 5.26 Å². The first kappa shape index (κ1) is 16.0. The highest BCUT2D eigenvalue weighted by Crippen LogP contribution is 2.28. The number of allylic oxidation sites excluding steroid dienone is 1. The Bertz CT molecular complexity index is 912. The van der Waals surface area contributed by atoms with Gasteiger partial charge in [-0.25, -0.2) is 8.42 Å². The van der Waals surface area contributed by atoms with E-state index in [0.717, 1.165) is 18.5 Å². The molecule has 0 saturated heterocycles. The van der Waals surface area contributed by atoms with Crippen LogP contribution in [0.2, 0.25) is 0 Å². The molecular formula is C11H9N7O4S. The molecule has 1 heterocycles. The first-order valence-electron chi connectivity index (χ1n) is 5.92. The molecular weight excluding hydrogens is 326 g/mol. The quantitative estimate of drug-likeness (QED) is 0.448. The van der Waals surface area contributed by atoms with Crippen molar-refractivity contribution in [2.45, 2.75) is 4.90 Å². The van der Waals surface area contributed by atoms with Gasteiger partial charge in [0.2, 0.25) is 5.82 Å². The summed E-state index contributed by atoms with van der Waals surface area (Å²) in [6.07, 6.45) is 2.11. The van der Waals surface area contributed by atoms with Gasteiger partial charge >= 0.3 is 0 Å². The van der Waals surface area contributed by atoms with Gasteiger partial charge in [0.05, 0.1) is 9.82 Å². The molecule has 0 fully saturated rings. The van der Waals surface area contributed by atoms with Gasteiger partial charge in [-0.1, -0.05) is 0 Å². The van der Waals surface area contributed by atoms with Crippen LogP contribution in [0.3, 0.4) is 0 Å². The number of benzene rings is 1. The van der Waals surface area contributed by atoms with Crippen LogP contribution in [0.1, 0.15) is 5.82 Å². The average molecular weight is 335 g/mol. The molecule has 0 aliphatic heterocycles. The number of sulfone groups is 1. The zero-order valence-corrected chi connectivity index (χ0v) is 12.4. The Kier molecular flexibility index (Phi) is 4.32. The van der Waals surface area contributed by atoms with Crippen molar-refractivity contribution in [3.05, 3.63) is 40.3 Å². The lowest BCUT2D eigenvalue weighted by Gasteiger charge is -2.05. The Hall–Kier alpha value is -3.33. The minimum absolute atomic E-state index is 0.00964. The highest BCUT2D eigenvalue weighted by atomic mass is 32.2. The summed E-state index contributed by atoms with van der Waals surface area (Å²) in [4.78, 5) is 10.2. The Labute approximate surface area is 129 Å². The van der Waals surface area contributed by atoms with E-state index in [1.165, 1.54) is 12.1 Å². The number of nitrogens with zero attached hydrogens (tertiary/aromatic N) is 5. The van der Waals surface area contributed by atoms with Crippen LogP contribution in [0.5, 0.6) is 0 Å². The van der Waals surface area contributed by atoms with Gasteiger partial charge in [-0.2, -0.15) is 10.5 Å². The molecule has 0 saturated carbocycles. The number of tetrazole rings is 1. The average Bonchev–Trinajstić information content (AvgIpc) is 3.01. The van der Waals surface area contributed by atoms with Crippen molar-refractivity contribution < 1.29 is 13.3 Å². The molecule has 12 heteroatoms. The van der Waals surface area contributed by atoms with Crippen molar-refractivity contribution in [3.8, 4) is 6.07 Å². The zero-order valence-electron chi connectivity index (χ0n) is 11.6. The molecule has 11 nitrogen and oxygen atoms in total. The Morgan fingerprint density at radius 1 is 1.52 bits per heavy atom. The highest BCUT2D eigenvalue weighted by Gasteiger charge is 2.18. The van der Waals surface area contributed by atoms with Crippen molar-refractivity contribution in [1.82, 2.24) is 20.6 Å². The number of nitro groups is 1. The number of hydrogen-bond donors (Lipinski definition) is 2. The van der Waals surface area contributed by atoms with Crippen LogP contribution in [0, 0.1) is 21.4 Å². The molecule has 118 valence electrons. The van der Waals surface area contributed by atoms with Crippen molar-refractivity contribution in [3.63, 3.8) is 0 Å². The Balaban J connectivity index is 2.40. The van der Waals surface area contributed by atoms with E-state index < -0.39 is 20.4 Å². The summed E-state index contributed by atoms with van der Waals surface area (Å²) < 4.78 is 22.9. The second-order valence-corrected chi connectivity index (χ2v) is 6.27. The number of H-pyrrole nitrogens is 1. The van der Waals surface area contributed by atoms with Crippen molar-refractivity contribution >= 4 is 26.8 Å². The zero-order chi connectivity index (χ0) is 17.0. The van der Waals surface area contributed by atoms with E-state index in [2.05, 4.69) is 25.9 Å². The molecule has 0 aliphatic carbocycles. The molecule has 0 bridgehead atoms. The van der Waals surface area contributed by atoms with Gasteiger partial charge in [0.15, 0.2) is 9.84 Å². The van der Waals surface area contributed by atoms with E-state index in [0.29, 0.717) is 0 Å². The summed E-state index contributed by atoms with van der Waals surface area (Å²) in [5, 5.41) is 35.4. The number of nitrogens with one attached hydrogen (secondary N) is 2. The summed E-state index contributed by atoms with van der Waals surface area (Å²) in [5.41, 5.74) is -0.451. The molecule has 23 heavy (non-hydrogen) atoms. The van der Waals surface area contributed by atoms with Crippen LogP contribution in [0.15, 0.2) is 29.3 Å². The maximum absolute atomic E-state index is 11.5. The van der Waals surface area contributed by atoms with E-state index in [4.69, 9.17) is 5.26 Å². The number of anilines is 1. The lowest BCUT2D eigenvalue weighted by atomic mass is 10.2. The van der Waals surface area contributed by atoms with Crippen LogP contribution >= 0.6 is 0 Å². The smallest absolute Gasteiger partial charge is 0.293 e. The van der Waals surface area contributed by atoms with E-state index in [1.807, 2.05) is 0 Å². The number of aromatic amines is 1. The minimum atomic E-state index is -3.58. The van der Waals surface area contributed by atoms with E-state index in [9.17, 15) is 18.5 Å². The SMILES string of the molecule is CS(=O)(=O)c1ccc(NC=C(C#N)c2nn[nH]n2)c([N+](=O)[O-])c1. The normalized spacial score (nSPS) is 11.7. The molecule has 1 aromatic heterocycles. The standard InChI is InChI=1S/C11H9N7O4S/c1-23(21,22)8-2-3-9(10(4-8)18(19)20)13-6-7(5-12)11-14-16-17-15-11/h2-4,6,13H,1H3,(H,14,15,16,17). The van der Waals surface area contributed by atoms with Crippen molar-refractivity contribution in [2.24, 2.45) is 0 Å². The Morgan fingerprint density at radius 2 is 2.26 bits per heavy atom. The summed E-state index contributed by atoms with van der Waals surface area (Å²) >= 11 is 0. The monoisotopic (exact) mass is 335 g/mol. The first-order chi connectivity index (χ1) is 10.8. The fraction of sp³-hybridized carbons (Fsp3) is 0.0909. The topological polar surface area (TPSA) is 168 Å². The summed E-state index contributed by atoms with van der Waals surface area (Å²) in [5.74, 6) is 0.00964. The third-order valence-electron chi connectivity index (χ3n) is 2.67. The van der Waals surface area contributed by atoms with Crippen LogP contribution in [-0.4, -0.2) is 40.2 Å². The first-order valence-corrected chi connectivity index (χ1v) is 7.81. The number of nitro benzene ring substituents is 1. The van der Waals surface area contributed by atoms with Crippen LogP contribution in [0.25, 0.3) is 5.57 Å². The van der Waals surface area contributed by atoms with Gasteiger partial charge in [0, 0.05) is 18.5 Å². The lowest BCUT2D eigenvalue weighted by Crippen LogP contribution is -2.02. The summed E-state index contributed by atoms with van der Waals surface area (Å²) in [7, 11) is -3.58. The maximum atomic E-state index is 11.5. The third-order valence-corrected chi connectivity index (χ3v) is 3.78. The van der Waals surface area contributed by atoms with Gasteiger partial charge < -0.3 is 5.32 Å². The largest absolute Gasteiger partial charge is 0.355 e. The minimum Gasteiger partial charge on any atom is -0.355 e. The summed E-state index contributed by atoms with van der Waals surface area (Å²) in [6.45, 7) is 0. The second-order valence-electron chi connectivity index (χ2n) is 4.26. The predicted octanol–water partition coefficient (Wildman–Crippen LogP) is 0.488. The molecule has 0 unspecified atom stereocenters. The fourth-order valence-electron chi connectivity index (χ4n) is 1.59. The molecule has 2 rings (SSSR count). The maximum Gasteiger partial charge on any atom is 0.293 e. The molecule has 2 aromatic rings. The van der Waals surface area contributed by atoms with E-state index in [1.54, 1.807) is 6.07 Å². The third kappa shape index (κ3) is 3.66. The second kappa shape index (κ2) is 6.20. The Morgan fingerprint density at radius 3 is 2.78 bits per heavy atom. The molecule has 0 atom stereocenters. The summed E-state index contributed by atoms with van der Waals surface area (Å²) in [6, 6.07) is 5.20. The van der Waals surface area contributed by atoms with Gasteiger partial charge in [0.1, 0.15) is 17.3 Å². The van der Waals surface area contributed by atoms with E-state index >= 15 is 0 Å². The predicted molar refractivity (Wildman–Crippen MR) is 77.6 cm³/mol. The highest BCUT2D eigenvalue weighted by molar-refractivity contribution is 7.90. The molecule has 2 N–H and O–H groups in total. The number of aromatic nitrogens is 4. The van der Waals surface area contributed by atoms with Crippen LogP contribution in [0.4, 0.5) is 11.4 Å². The van der Waals surface area contributed by atoms with Gasteiger partial charge in [0.25, 0.3) is 5.69 Å². The number of nitriles is 1. The van der Waals surface area contributed by atoms with Gasteiger partial charge in [-0.3, -0.25) is 10.1 Å². The fourth-order valence-corrected chi connectivity index (χ4v) is 2.23. The van der Waals surface area contributed by atoms with Gasteiger partial charge in [-0.15, -0.1) is 10.2 Å². The molecule has 1 aromatic carbocycles. The molecule has 0 aliphatic rings. The number of rotatable bonds is 5. The molecule has 0 spiro atoms. The number of hydrogen-bond acceptors (Lipinski definition) is 9.